The van der Waals surface area contributed by atoms with Gasteiger partial charge in [0.05, 0.1) is 11.1 Å². The molecule has 2 amide bonds. The van der Waals surface area contributed by atoms with E-state index in [2.05, 4.69) is 5.32 Å². The molecule has 2 heterocycles. The average molecular weight is 472 g/mol. The van der Waals surface area contributed by atoms with E-state index in [0.29, 0.717) is 0 Å². The van der Waals surface area contributed by atoms with E-state index in [1.54, 1.807) is 48.6 Å². The number of carbonyl (C=O) groups excluding carboxylic acids is 3. The number of nitrogens with zero attached hydrogens (tertiary/aromatic N) is 1. The van der Waals surface area contributed by atoms with Crippen molar-refractivity contribution in [2.45, 2.75) is 24.4 Å². The molecule has 1 fully saturated rings. The number of alkyl halides is 2. The first kappa shape index (κ1) is 23.4. The number of nitrogens with one attached hydrogen (secondary N) is 1. The van der Waals surface area contributed by atoms with Crippen LogP contribution in [0.5, 0.6) is 0 Å². The van der Waals surface area contributed by atoms with Crippen LogP contribution in [0.25, 0.3) is 0 Å². The summed E-state index contributed by atoms with van der Waals surface area (Å²) in [6.45, 7) is -0.571. The number of amides is 2. The molecule has 0 spiro atoms. The molecule has 2 aromatic rings. The number of rotatable bonds is 6. The Morgan fingerprint density at radius 3 is 2.26 bits per heavy atom. The molecule has 2 aliphatic rings. The first-order valence-electron chi connectivity index (χ1n) is 10.6. The van der Waals surface area contributed by atoms with Crippen LogP contribution < -0.4 is 5.32 Å². The van der Waals surface area contributed by atoms with E-state index in [-0.39, 0.29) is 24.2 Å². The van der Waals surface area contributed by atoms with Gasteiger partial charge in [-0.2, -0.15) is 8.78 Å². The van der Waals surface area contributed by atoms with Gasteiger partial charge in [0.1, 0.15) is 12.7 Å². The molecular weight excluding hydrogens is 450 g/mol. The summed E-state index contributed by atoms with van der Waals surface area (Å²) in [6.07, 6.45) is -2.49. The first-order chi connectivity index (χ1) is 16.4. The van der Waals surface area contributed by atoms with Gasteiger partial charge in [0.25, 0.3) is 0 Å². The molecule has 3 atom stereocenters. The Hall–Kier alpha value is -3.79. The van der Waals surface area contributed by atoms with Crippen molar-refractivity contribution in [1.82, 2.24) is 10.2 Å². The van der Waals surface area contributed by atoms with Crippen LogP contribution >= 0.6 is 0 Å². The zero-order valence-electron chi connectivity index (χ0n) is 17.9. The molecule has 1 N–H and O–H groups in total. The van der Waals surface area contributed by atoms with Gasteiger partial charge < -0.3 is 19.5 Å². The highest BCUT2D eigenvalue weighted by molar-refractivity contribution is 5.90. The monoisotopic (exact) mass is 472 g/mol. The van der Waals surface area contributed by atoms with Crippen LogP contribution in [0.2, 0.25) is 0 Å². The molecule has 1 saturated heterocycles. The first-order valence-corrected chi connectivity index (χ1v) is 10.6. The summed E-state index contributed by atoms with van der Waals surface area (Å²) in [6, 6.07) is 14.9. The fourth-order valence-electron chi connectivity index (χ4n) is 3.66. The standard InChI is InChI=1S/C24H22F2N2O6/c25-24(26)19(34-21(30)17-11-5-2-6-12-17)18(15-32-20(29)16-9-3-1-4-10-16)33-22(24)28-14-8-7-13-27-23(28)31/h1-12,18-19,22H,13-15H2,(H,27,31)/t18-,19-,22?/m1/s1. The molecule has 0 aliphatic carbocycles. The van der Waals surface area contributed by atoms with Crippen molar-refractivity contribution < 1.29 is 37.4 Å². The molecule has 1 unspecified atom stereocenters. The molecular formula is C24H22F2N2O6. The van der Waals surface area contributed by atoms with Crippen LogP contribution in [0.3, 0.4) is 0 Å². The van der Waals surface area contributed by atoms with Gasteiger partial charge in [-0.05, 0) is 24.3 Å². The van der Waals surface area contributed by atoms with Crippen molar-refractivity contribution in [3.05, 3.63) is 83.9 Å². The third kappa shape index (κ3) is 4.91. The Labute approximate surface area is 194 Å². The molecule has 34 heavy (non-hydrogen) atoms. The van der Waals surface area contributed by atoms with Gasteiger partial charge in [0, 0.05) is 13.1 Å². The van der Waals surface area contributed by atoms with Crippen molar-refractivity contribution in [2.24, 2.45) is 0 Å². The van der Waals surface area contributed by atoms with E-state index < -0.39 is 48.9 Å². The van der Waals surface area contributed by atoms with E-state index in [0.717, 1.165) is 4.90 Å². The molecule has 0 radical (unpaired) electrons. The third-order valence-corrected chi connectivity index (χ3v) is 5.37. The summed E-state index contributed by atoms with van der Waals surface area (Å²) in [7, 11) is 0. The minimum atomic E-state index is -3.79. The number of esters is 2. The lowest BCUT2D eigenvalue weighted by Crippen LogP contribution is -2.54. The highest BCUT2D eigenvalue weighted by Gasteiger charge is 2.64. The Bertz CT molecular complexity index is 1060. The van der Waals surface area contributed by atoms with Crippen LogP contribution in [0, 0.1) is 0 Å². The average Bonchev–Trinajstić information content (AvgIpc) is 2.97. The molecule has 0 aromatic heterocycles. The van der Waals surface area contributed by atoms with Gasteiger partial charge in [0.15, 0.2) is 6.10 Å². The third-order valence-electron chi connectivity index (χ3n) is 5.37. The molecule has 4 rings (SSSR count). The normalized spacial score (nSPS) is 23.6. The molecule has 0 bridgehead atoms. The van der Waals surface area contributed by atoms with Gasteiger partial charge in [-0.1, -0.05) is 48.6 Å². The van der Waals surface area contributed by atoms with Crippen LogP contribution in [0.4, 0.5) is 13.6 Å². The largest absolute Gasteiger partial charge is 0.459 e. The zero-order chi connectivity index (χ0) is 24.1. The summed E-state index contributed by atoms with van der Waals surface area (Å²) in [4.78, 5) is 38.1. The van der Waals surface area contributed by atoms with Crippen molar-refractivity contribution in [3.63, 3.8) is 0 Å². The highest BCUT2D eigenvalue weighted by atomic mass is 19.3. The Balaban J connectivity index is 1.56. The van der Waals surface area contributed by atoms with E-state index in [4.69, 9.17) is 14.2 Å². The number of halogens is 2. The maximum atomic E-state index is 15.5. The number of hydrogen-bond donors (Lipinski definition) is 1. The Kier molecular flexibility index (Phi) is 6.87. The van der Waals surface area contributed by atoms with Crippen molar-refractivity contribution in [2.75, 3.05) is 19.7 Å². The number of carbonyl (C=O) groups is 3. The van der Waals surface area contributed by atoms with Crippen molar-refractivity contribution >= 4 is 18.0 Å². The number of ether oxygens (including phenoxy) is 3. The van der Waals surface area contributed by atoms with Crippen LogP contribution in [0.1, 0.15) is 20.7 Å². The van der Waals surface area contributed by atoms with E-state index in [1.807, 2.05) is 0 Å². The molecule has 2 aromatic carbocycles. The van der Waals surface area contributed by atoms with Crippen molar-refractivity contribution in [1.29, 1.82) is 0 Å². The molecule has 10 heteroatoms. The Morgan fingerprint density at radius 1 is 1.00 bits per heavy atom. The summed E-state index contributed by atoms with van der Waals surface area (Å²) in [5.41, 5.74) is 0.288. The fraction of sp³-hybridized carbons (Fsp3) is 0.292. The maximum Gasteiger partial charge on any atom is 0.338 e. The number of urea groups is 1. The smallest absolute Gasteiger partial charge is 0.338 e. The SMILES string of the molecule is O=C(OC[C@H]1OC(N2CC=CCNC2=O)C(F)(F)[C@@H]1OC(=O)c1ccccc1)c1ccccc1. The van der Waals surface area contributed by atoms with E-state index in [9.17, 15) is 14.4 Å². The minimum Gasteiger partial charge on any atom is -0.459 e. The lowest BCUT2D eigenvalue weighted by molar-refractivity contribution is -0.153. The van der Waals surface area contributed by atoms with Crippen LogP contribution in [0.15, 0.2) is 72.8 Å². The van der Waals surface area contributed by atoms with Gasteiger partial charge in [-0.25, -0.2) is 14.4 Å². The van der Waals surface area contributed by atoms with Crippen molar-refractivity contribution in [3.8, 4) is 0 Å². The van der Waals surface area contributed by atoms with Gasteiger partial charge in [-0.3, -0.25) is 4.90 Å². The second-order valence-electron chi connectivity index (χ2n) is 7.67. The fourth-order valence-corrected chi connectivity index (χ4v) is 3.66. The van der Waals surface area contributed by atoms with Gasteiger partial charge in [0.2, 0.25) is 6.23 Å². The maximum absolute atomic E-state index is 15.5. The summed E-state index contributed by atoms with van der Waals surface area (Å²) in [5, 5.41) is 2.47. The lowest BCUT2D eigenvalue weighted by Gasteiger charge is -2.30. The summed E-state index contributed by atoms with van der Waals surface area (Å²) >= 11 is 0. The van der Waals surface area contributed by atoms with E-state index in [1.165, 1.54) is 24.3 Å². The predicted octanol–water partition coefficient (Wildman–Crippen LogP) is 3.01. The Morgan fingerprint density at radius 2 is 1.62 bits per heavy atom. The van der Waals surface area contributed by atoms with Crippen LogP contribution in [-0.2, 0) is 14.2 Å². The van der Waals surface area contributed by atoms with Crippen LogP contribution in [-0.4, -0.2) is 66.9 Å². The summed E-state index contributed by atoms with van der Waals surface area (Å²) in [5.74, 6) is -5.53. The highest BCUT2D eigenvalue weighted by Crippen LogP contribution is 2.40. The molecule has 2 aliphatic heterocycles. The minimum absolute atomic E-state index is 0.0669. The lowest BCUT2D eigenvalue weighted by atomic mass is 10.1. The summed E-state index contributed by atoms with van der Waals surface area (Å²) < 4.78 is 47.0. The van der Waals surface area contributed by atoms with Gasteiger partial charge in [-0.15, -0.1) is 0 Å². The molecule has 8 nitrogen and oxygen atoms in total. The number of benzene rings is 2. The van der Waals surface area contributed by atoms with E-state index >= 15 is 8.78 Å². The second kappa shape index (κ2) is 10.0. The quantitative estimate of drug-likeness (QED) is 0.513. The predicted molar refractivity (Wildman–Crippen MR) is 115 cm³/mol. The zero-order valence-corrected chi connectivity index (χ0v) is 17.9. The second-order valence-corrected chi connectivity index (χ2v) is 7.67. The topological polar surface area (TPSA) is 94.2 Å². The molecule has 0 saturated carbocycles. The molecule has 178 valence electrons. The van der Waals surface area contributed by atoms with Gasteiger partial charge >= 0.3 is 23.9 Å². The number of hydrogen-bond acceptors (Lipinski definition) is 6.